The average Bonchev–Trinajstić information content (AvgIpc) is 3.78. The van der Waals surface area contributed by atoms with Crippen molar-refractivity contribution in [3.8, 4) is 101 Å². The van der Waals surface area contributed by atoms with E-state index in [1.807, 2.05) is 60.7 Å². The summed E-state index contributed by atoms with van der Waals surface area (Å²) in [5.41, 5.74) is 21.5. The van der Waals surface area contributed by atoms with Crippen LogP contribution in [-0.4, -0.2) is 15.0 Å². The number of hydrogen-bond donors (Lipinski definition) is 0. The third kappa shape index (κ3) is 7.85. The van der Waals surface area contributed by atoms with E-state index >= 15 is 0 Å². The van der Waals surface area contributed by atoms with Gasteiger partial charge in [-0.25, -0.2) is 15.0 Å². The molecule has 0 aliphatic heterocycles. The van der Waals surface area contributed by atoms with Gasteiger partial charge in [0.25, 0.3) is 0 Å². The second kappa shape index (κ2) is 18.6. The third-order valence-electron chi connectivity index (χ3n) is 14.4. The van der Waals surface area contributed by atoms with E-state index in [1.54, 1.807) is 0 Å². The molecular formula is C70H47N3. The van der Waals surface area contributed by atoms with Crippen molar-refractivity contribution in [2.45, 2.75) is 5.41 Å². The highest BCUT2D eigenvalue weighted by Gasteiger charge is 2.46. The van der Waals surface area contributed by atoms with Crippen molar-refractivity contribution in [2.24, 2.45) is 0 Å². The summed E-state index contributed by atoms with van der Waals surface area (Å²) in [6.45, 7) is 0. The van der Waals surface area contributed by atoms with Crippen LogP contribution < -0.4 is 0 Å². The molecule has 13 rings (SSSR count). The van der Waals surface area contributed by atoms with E-state index in [9.17, 15) is 0 Å². The Bertz CT molecular complexity index is 3820. The highest BCUT2D eigenvalue weighted by molar-refractivity contribution is 6.00. The van der Waals surface area contributed by atoms with Gasteiger partial charge in [0.15, 0.2) is 17.5 Å². The normalized spacial score (nSPS) is 12.2. The van der Waals surface area contributed by atoms with E-state index in [0.717, 1.165) is 50.1 Å². The molecule has 3 heteroatoms. The Hall–Kier alpha value is -9.57. The zero-order valence-corrected chi connectivity index (χ0v) is 40.0. The fourth-order valence-corrected chi connectivity index (χ4v) is 11.0. The van der Waals surface area contributed by atoms with Gasteiger partial charge < -0.3 is 0 Å². The Morgan fingerprint density at radius 3 is 1.11 bits per heavy atom. The van der Waals surface area contributed by atoms with Crippen molar-refractivity contribution >= 4 is 0 Å². The molecule has 0 atom stereocenters. The fraction of sp³-hybridized carbons (Fsp3) is 0.0143. The van der Waals surface area contributed by atoms with Crippen molar-refractivity contribution in [3.05, 3.63) is 307 Å². The van der Waals surface area contributed by atoms with Crippen molar-refractivity contribution in [1.82, 2.24) is 15.0 Å². The number of nitrogens with zero attached hydrogens (tertiary/aromatic N) is 3. The van der Waals surface area contributed by atoms with E-state index in [0.29, 0.717) is 17.5 Å². The summed E-state index contributed by atoms with van der Waals surface area (Å²) < 4.78 is 0. The minimum absolute atomic E-state index is 0.480. The summed E-state index contributed by atoms with van der Waals surface area (Å²) in [6, 6.07) is 103. The van der Waals surface area contributed by atoms with E-state index < -0.39 is 5.41 Å². The van der Waals surface area contributed by atoms with Crippen LogP contribution in [0.15, 0.2) is 285 Å². The first kappa shape index (κ1) is 43.5. The highest BCUT2D eigenvalue weighted by atomic mass is 15.0. The van der Waals surface area contributed by atoms with Crippen LogP contribution in [0.5, 0.6) is 0 Å². The van der Waals surface area contributed by atoms with Crippen LogP contribution in [0.25, 0.3) is 101 Å². The van der Waals surface area contributed by atoms with Crippen LogP contribution in [0, 0.1) is 0 Å². The molecule has 342 valence electrons. The molecule has 0 saturated heterocycles. The monoisotopic (exact) mass is 929 g/mol. The molecule has 0 bridgehead atoms. The number of rotatable bonds is 10. The van der Waals surface area contributed by atoms with Gasteiger partial charge in [-0.15, -0.1) is 0 Å². The minimum atomic E-state index is -0.480. The quantitative estimate of drug-likeness (QED) is 0.137. The van der Waals surface area contributed by atoms with Crippen molar-refractivity contribution in [2.75, 3.05) is 0 Å². The zero-order valence-electron chi connectivity index (χ0n) is 40.0. The standard InChI is InChI=1S/C70H47N3/c1-7-22-48(23-8-1)57-46-61(55-31-21-30-54(44-55)49-38-40-53(41-39-49)69-72-67(51-26-11-3-12-27-51)71-68(73-69)52-28-13-4-14-29-52)66(50-24-9-2-10-25-50)62(47-57)56-42-43-65-63(45-56)60-36-19-20-37-64(60)70(65,58-32-15-5-16-33-58)59-34-17-6-18-35-59/h1-47H. The Morgan fingerprint density at radius 2 is 0.562 bits per heavy atom. The van der Waals surface area contributed by atoms with E-state index in [1.165, 1.54) is 55.6 Å². The van der Waals surface area contributed by atoms with E-state index in [-0.39, 0.29) is 0 Å². The van der Waals surface area contributed by atoms with Crippen LogP contribution >= 0.6 is 0 Å². The number of fused-ring (bicyclic) bond motifs is 3. The van der Waals surface area contributed by atoms with Gasteiger partial charge in [0.1, 0.15) is 0 Å². The first-order valence-electron chi connectivity index (χ1n) is 24.9. The van der Waals surface area contributed by atoms with Crippen LogP contribution in [0.2, 0.25) is 0 Å². The summed E-state index contributed by atoms with van der Waals surface area (Å²) in [6.07, 6.45) is 0. The maximum absolute atomic E-state index is 5.00. The molecule has 1 aliphatic rings. The second-order valence-electron chi connectivity index (χ2n) is 18.7. The van der Waals surface area contributed by atoms with E-state index in [4.69, 9.17) is 15.0 Å². The molecule has 11 aromatic carbocycles. The summed E-state index contributed by atoms with van der Waals surface area (Å²) in [4.78, 5) is 14.9. The molecule has 0 fully saturated rings. The SMILES string of the molecule is c1ccc(-c2cc(-c3cccc(-c4ccc(-c5nc(-c6ccccc6)nc(-c6ccccc6)n5)cc4)c3)c(-c3ccccc3)c(-c3ccc4c(c3)-c3ccccc3C4(c3ccccc3)c3ccccc3)c2)cc1. The average molecular weight is 930 g/mol. The van der Waals surface area contributed by atoms with Crippen molar-refractivity contribution < 1.29 is 0 Å². The summed E-state index contributed by atoms with van der Waals surface area (Å²) in [5, 5.41) is 0. The number of aromatic nitrogens is 3. The van der Waals surface area contributed by atoms with Crippen molar-refractivity contribution in [1.29, 1.82) is 0 Å². The van der Waals surface area contributed by atoms with Gasteiger partial charge in [-0.1, -0.05) is 261 Å². The third-order valence-corrected chi connectivity index (χ3v) is 14.4. The van der Waals surface area contributed by atoms with Gasteiger partial charge in [0.05, 0.1) is 5.41 Å². The maximum atomic E-state index is 5.00. The number of hydrogen-bond acceptors (Lipinski definition) is 3. The Morgan fingerprint density at radius 1 is 0.205 bits per heavy atom. The van der Waals surface area contributed by atoms with Crippen LogP contribution in [0.1, 0.15) is 22.3 Å². The predicted octanol–water partition coefficient (Wildman–Crippen LogP) is 17.6. The fourth-order valence-electron chi connectivity index (χ4n) is 11.0. The van der Waals surface area contributed by atoms with Gasteiger partial charge >= 0.3 is 0 Å². The molecule has 3 nitrogen and oxygen atoms in total. The molecule has 1 heterocycles. The van der Waals surface area contributed by atoms with Gasteiger partial charge in [0.2, 0.25) is 0 Å². The summed E-state index contributed by atoms with van der Waals surface area (Å²) >= 11 is 0. The lowest BCUT2D eigenvalue weighted by Gasteiger charge is -2.34. The van der Waals surface area contributed by atoms with Crippen LogP contribution in [-0.2, 0) is 5.41 Å². The van der Waals surface area contributed by atoms with Gasteiger partial charge in [-0.2, -0.15) is 0 Å². The highest BCUT2D eigenvalue weighted by Crippen LogP contribution is 2.57. The van der Waals surface area contributed by atoms with Crippen LogP contribution in [0.4, 0.5) is 0 Å². The molecule has 0 unspecified atom stereocenters. The van der Waals surface area contributed by atoms with Gasteiger partial charge in [-0.05, 0) is 113 Å². The first-order chi connectivity index (χ1) is 36.2. The van der Waals surface area contributed by atoms with Gasteiger partial charge in [-0.3, -0.25) is 0 Å². The molecule has 12 aromatic rings. The minimum Gasteiger partial charge on any atom is -0.208 e. The molecule has 0 N–H and O–H groups in total. The molecule has 0 spiro atoms. The topological polar surface area (TPSA) is 38.7 Å². The smallest absolute Gasteiger partial charge is 0.164 e. The molecule has 1 aliphatic carbocycles. The lowest BCUT2D eigenvalue weighted by Crippen LogP contribution is -2.28. The zero-order chi connectivity index (χ0) is 48.6. The predicted molar refractivity (Wildman–Crippen MR) is 301 cm³/mol. The first-order valence-corrected chi connectivity index (χ1v) is 24.9. The Labute approximate surface area is 426 Å². The second-order valence-corrected chi connectivity index (χ2v) is 18.7. The Balaban J connectivity index is 0.965. The lowest BCUT2D eigenvalue weighted by atomic mass is 9.67. The molecule has 0 amide bonds. The molecule has 1 aromatic heterocycles. The van der Waals surface area contributed by atoms with Crippen molar-refractivity contribution in [3.63, 3.8) is 0 Å². The van der Waals surface area contributed by atoms with Gasteiger partial charge in [0, 0.05) is 16.7 Å². The van der Waals surface area contributed by atoms with E-state index in [2.05, 4.69) is 224 Å². The maximum Gasteiger partial charge on any atom is 0.164 e. The molecule has 0 saturated carbocycles. The molecule has 73 heavy (non-hydrogen) atoms. The number of benzene rings is 11. The van der Waals surface area contributed by atoms with Crippen LogP contribution in [0.3, 0.4) is 0 Å². The molecule has 0 radical (unpaired) electrons. The summed E-state index contributed by atoms with van der Waals surface area (Å²) in [7, 11) is 0. The Kier molecular flexibility index (Phi) is 11.1. The molecular weight excluding hydrogens is 883 g/mol. The lowest BCUT2D eigenvalue weighted by molar-refractivity contribution is 0.768. The largest absolute Gasteiger partial charge is 0.208 e. The summed E-state index contributed by atoms with van der Waals surface area (Å²) in [5.74, 6) is 1.92.